The van der Waals surface area contributed by atoms with Crippen LogP contribution in [0.25, 0.3) is 0 Å². The Morgan fingerprint density at radius 3 is 2.72 bits per heavy atom. The van der Waals surface area contributed by atoms with Gasteiger partial charge in [-0.1, -0.05) is 18.2 Å². The van der Waals surface area contributed by atoms with Gasteiger partial charge in [0.1, 0.15) is 0 Å². The van der Waals surface area contributed by atoms with E-state index in [0.717, 1.165) is 44.5 Å². The van der Waals surface area contributed by atoms with Gasteiger partial charge >= 0.3 is 0 Å². The highest BCUT2D eigenvalue weighted by Crippen LogP contribution is 2.30. The minimum absolute atomic E-state index is 0.312. The molecule has 0 aliphatic carbocycles. The summed E-state index contributed by atoms with van der Waals surface area (Å²) in [7, 11) is 0. The van der Waals surface area contributed by atoms with Crippen LogP contribution in [0.4, 0.5) is 5.69 Å². The topological polar surface area (TPSA) is 32.3 Å². The van der Waals surface area contributed by atoms with Gasteiger partial charge in [0.25, 0.3) is 0 Å². The molecule has 0 bridgehead atoms. The lowest BCUT2D eigenvalue weighted by atomic mass is 10.0. The van der Waals surface area contributed by atoms with Gasteiger partial charge in [-0.15, -0.1) is 0 Å². The molecule has 2 aliphatic rings. The second-order valence-electron chi connectivity index (χ2n) is 5.23. The molecule has 1 saturated heterocycles. The van der Waals surface area contributed by atoms with E-state index < -0.39 is 0 Å². The number of para-hydroxylation sites is 1. The summed E-state index contributed by atoms with van der Waals surface area (Å²) in [5.41, 5.74) is 2.49. The number of rotatable bonds is 1. The van der Waals surface area contributed by atoms with Crippen LogP contribution in [-0.2, 0) is 11.2 Å². The Morgan fingerprint density at radius 2 is 1.89 bits per heavy atom. The molecule has 2 aliphatic heterocycles. The lowest BCUT2D eigenvalue weighted by Gasteiger charge is -2.35. The zero-order valence-corrected chi connectivity index (χ0v) is 10.7. The number of anilines is 1. The number of nitrogens with zero attached hydrogens (tertiary/aromatic N) is 1. The zero-order valence-electron chi connectivity index (χ0n) is 10.7. The summed E-state index contributed by atoms with van der Waals surface area (Å²) in [6, 6.07) is 8.79. The van der Waals surface area contributed by atoms with Crippen LogP contribution < -0.4 is 10.2 Å². The molecular formula is C15H20N2O. The summed E-state index contributed by atoms with van der Waals surface area (Å²) in [5.74, 6) is 0.312. The van der Waals surface area contributed by atoms with Gasteiger partial charge in [0.2, 0.25) is 5.91 Å². The van der Waals surface area contributed by atoms with Gasteiger partial charge in [-0.25, -0.2) is 0 Å². The first-order chi connectivity index (χ1) is 8.86. The van der Waals surface area contributed by atoms with Crippen LogP contribution in [0, 0.1) is 0 Å². The molecule has 3 rings (SSSR count). The number of aryl methyl sites for hydroxylation is 1. The van der Waals surface area contributed by atoms with E-state index in [1.54, 1.807) is 0 Å². The van der Waals surface area contributed by atoms with Crippen LogP contribution in [0.15, 0.2) is 24.3 Å². The van der Waals surface area contributed by atoms with E-state index in [0.29, 0.717) is 18.4 Å². The average Bonchev–Trinajstić information content (AvgIpc) is 2.58. The van der Waals surface area contributed by atoms with Gasteiger partial charge in [-0.05, 0) is 50.4 Å². The lowest BCUT2D eigenvalue weighted by Crippen LogP contribution is -2.46. The first kappa shape index (κ1) is 11.7. The first-order valence-corrected chi connectivity index (χ1v) is 6.97. The molecule has 1 N–H and O–H groups in total. The summed E-state index contributed by atoms with van der Waals surface area (Å²) in [4.78, 5) is 14.5. The van der Waals surface area contributed by atoms with E-state index in [1.807, 2.05) is 6.07 Å². The second kappa shape index (κ2) is 5.11. The van der Waals surface area contributed by atoms with Crippen molar-refractivity contribution in [3.63, 3.8) is 0 Å². The third-order valence-electron chi connectivity index (χ3n) is 4.03. The van der Waals surface area contributed by atoms with E-state index >= 15 is 0 Å². The van der Waals surface area contributed by atoms with Crippen molar-refractivity contribution in [1.29, 1.82) is 0 Å². The fraction of sp³-hybridized carbons (Fsp3) is 0.533. The molecule has 0 saturated carbocycles. The molecule has 18 heavy (non-hydrogen) atoms. The SMILES string of the molecule is O=C1CCCc2ccccc2N1C1CCNCC1. The van der Waals surface area contributed by atoms with Crippen molar-refractivity contribution < 1.29 is 4.79 Å². The van der Waals surface area contributed by atoms with Crippen molar-refractivity contribution in [2.24, 2.45) is 0 Å². The quantitative estimate of drug-likeness (QED) is 0.820. The number of amides is 1. The van der Waals surface area contributed by atoms with Crippen molar-refractivity contribution in [1.82, 2.24) is 5.32 Å². The van der Waals surface area contributed by atoms with Gasteiger partial charge in [0, 0.05) is 18.2 Å². The number of hydrogen-bond donors (Lipinski definition) is 1. The molecule has 0 unspecified atom stereocenters. The van der Waals surface area contributed by atoms with Crippen molar-refractivity contribution in [2.75, 3.05) is 18.0 Å². The van der Waals surface area contributed by atoms with E-state index in [2.05, 4.69) is 28.4 Å². The van der Waals surface area contributed by atoms with Crippen LogP contribution in [0.2, 0.25) is 0 Å². The summed E-state index contributed by atoms with van der Waals surface area (Å²) in [6.45, 7) is 2.05. The summed E-state index contributed by atoms with van der Waals surface area (Å²) < 4.78 is 0. The number of carbonyl (C=O) groups excluding carboxylic acids is 1. The fourth-order valence-electron chi connectivity index (χ4n) is 3.11. The zero-order chi connectivity index (χ0) is 12.4. The Morgan fingerprint density at radius 1 is 1.11 bits per heavy atom. The monoisotopic (exact) mass is 244 g/mol. The molecular weight excluding hydrogens is 224 g/mol. The normalized spacial score (nSPS) is 21.6. The number of fused-ring (bicyclic) bond motifs is 1. The number of carbonyl (C=O) groups is 1. The number of benzene rings is 1. The van der Waals surface area contributed by atoms with Gasteiger partial charge in [0.05, 0.1) is 0 Å². The van der Waals surface area contributed by atoms with Gasteiger partial charge in [-0.2, -0.15) is 0 Å². The predicted molar refractivity (Wildman–Crippen MR) is 72.8 cm³/mol. The molecule has 2 heterocycles. The lowest BCUT2D eigenvalue weighted by molar-refractivity contribution is -0.119. The van der Waals surface area contributed by atoms with Crippen molar-refractivity contribution in [3.05, 3.63) is 29.8 Å². The standard InChI is InChI=1S/C15H20N2O/c18-15-7-3-5-12-4-1-2-6-14(12)17(15)13-8-10-16-11-9-13/h1-2,4,6,13,16H,3,5,7-11H2. The number of hydrogen-bond acceptors (Lipinski definition) is 2. The molecule has 1 amide bonds. The van der Waals surface area contributed by atoms with Crippen LogP contribution in [0.3, 0.4) is 0 Å². The molecule has 0 atom stereocenters. The van der Waals surface area contributed by atoms with E-state index in [1.165, 1.54) is 5.56 Å². The Bertz CT molecular complexity index is 438. The molecule has 96 valence electrons. The molecule has 0 spiro atoms. The highest BCUT2D eigenvalue weighted by atomic mass is 16.2. The largest absolute Gasteiger partial charge is 0.317 e. The minimum Gasteiger partial charge on any atom is -0.317 e. The van der Waals surface area contributed by atoms with Crippen molar-refractivity contribution >= 4 is 11.6 Å². The third kappa shape index (κ3) is 2.15. The van der Waals surface area contributed by atoms with E-state index in [-0.39, 0.29) is 0 Å². The fourth-order valence-corrected chi connectivity index (χ4v) is 3.11. The maximum absolute atomic E-state index is 12.4. The average molecular weight is 244 g/mol. The maximum Gasteiger partial charge on any atom is 0.227 e. The smallest absolute Gasteiger partial charge is 0.227 e. The minimum atomic E-state index is 0.312. The van der Waals surface area contributed by atoms with Gasteiger partial charge < -0.3 is 10.2 Å². The molecule has 0 radical (unpaired) electrons. The highest BCUT2D eigenvalue weighted by molar-refractivity contribution is 5.95. The first-order valence-electron chi connectivity index (χ1n) is 6.97. The summed E-state index contributed by atoms with van der Waals surface area (Å²) in [6.07, 6.45) is 4.85. The van der Waals surface area contributed by atoms with Crippen LogP contribution in [0.5, 0.6) is 0 Å². The molecule has 1 aromatic carbocycles. The summed E-state index contributed by atoms with van der Waals surface area (Å²) >= 11 is 0. The molecule has 1 aromatic rings. The third-order valence-corrected chi connectivity index (χ3v) is 4.03. The highest BCUT2D eigenvalue weighted by Gasteiger charge is 2.29. The van der Waals surface area contributed by atoms with Crippen molar-refractivity contribution in [2.45, 2.75) is 38.1 Å². The van der Waals surface area contributed by atoms with Crippen molar-refractivity contribution in [3.8, 4) is 0 Å². The Balaban J connectivity index is 1.96. The van der Waals surface area contributed by atoms with E-state index in [4.69, 9.17) is 0 Å². The maximum atomic E-state index is 12.4. The van der Waals surface area contributed by atoms with Gasteiger partial charge in [0.15, 0.2) is 0 Å². The molecule has 3 nitrogen and oxygen atoms in total. The molecule has 0 aromatic heterocycles. The van der Waals surface area contributed by atoms with Crippen LogP contribution >= 0.6 is 0 Å². The molecule has 1 fully saturated rings. The molecule has 3 heteroatoms. The predicted octanol–water partition coefficient (Wildman–Crippen LogP) is 2.11. The summed E-state index contributed by atoms with van der Waals surface area (Å²) in [5, 5.41) is 3.37. The van der Waals surface area contributed by atoms with Crippen LogP contribution in [0.1, 0.15) is 31.2 Å². The Hall–Kier alpha value is -1.35. The second-order valence-corrected chi connectivity index (χ2v) is 5.23. The number of piperidine rings is 1. The number of nitrogens with one attached hydrogen (secondary N) is 1. The Labute approximate surface area is 108 Å². The van der Waals surface area contributed by atoms with Gasteiger partial charge in [-0.3, -0.25) is 4.79 Å². The Kier molecular flexibility index (Phi) is 3.33. The van der Waals surface area contributed by atoms with Crippen LogP contribution in [-0.4, -0.2) is 25.0 Å². The van der Waals surface area contributed by atoms with E-state index in [9.17, 15) is 4.79 Å².